The standard InChI is InChI=1S/C25H27N3O5S/c1-34(31,32)27-18-4-7-23-20(13-18)22(29)14-25(33-23)8-10-28(11-9-25)21-6-3-17-12-16(15-26)2-5-19(17)24(21)30/h2,4-5,7,12-13,21,24,27,30H,3,6,8-11,14H2,1H3. The van der Waals surface area contributed by atoms with Crippen molar-refractivity contribution in [2.45, 2.75) is 49.9 Å². The van der Waals surface area contributed by atoms with Gasteiger partial charge < -0.3 is 9.84 Å². The number of rotatable bonds is 3. The number of carbonyl (C=O) groups excluding carboxylic acids is 1. The van der Waals surface area contributed by atoms with Crippen molar-refractivity contribution in [3.63, 3.8) is 0 Å². The molecule has 9 heteroatoms. The maximum Gasteiger partial charge on any atom is 0.229 e. The summed E-state index contributed by atoms with van der Waals surface area (Å²) in [4.78, 5) is 15.3. The number of aliphatic hydroxyl groups excluding tert-OH is 1. The Labute approximate surface area is 199 Å². The van der Waals surface area contributed by atoms with Gasteiger partial charge in [-0.15, -0.1) is 0 Å². The number of benzene rings is 2. The molecule has 8 nitrogen and oxygen atoms in total. The largest absolute Gasteiger partial charge is 0.486 e. The fourth-order valence-corrected chi connectivity index (χ4v) is 6.10. The number of hydrogen-bond donors (Lipinski definition) is 2. The third-order valence-corrected chi connectivity index (χ3v) is 7.84. The molecule has 178 valence electrons. The van der Waals surface area contributed by atoms with E-state index in [1.807, 2.05) is 12.1 Å². The van der Waals surface area contributed by atoms with Crippen molar-refractivity contribution in [1.29, 1.82) is 5.26 Å². The van der Waals surface area contributed by atoms with Gasteiger partial charge in [0.25, 0.3) is 0 Å². The van der Waals surface area contributed by atoms with Crippen LogP contribution in [0.3, 0.4) is 0 Å². The van der Waals surface area contributed by atoms with Crippen LogP contribution < -0.4 is 9.46 Å². The van der Waals surface area contributed by atoms with Gasteiger partial charge in [-0.25, -0.2) is 8.42 Å². The number of fused-ring (bicyclic) bond motifs is 2. The Morgan fingerprint density at radius 2 is 1.97 bits per heavy atom. The van der Waals surface area contributed by atoms with Crippen LogP contribution in [0, 0.1) is 11.3 Å². The van der Waals surface area contributed by atoms with Gasteiger partial charge in [0.2, 0.25) is 10.0 Å². The maximum absolute atomic E-state index is 13.0. The Hall–Kier alpha value is -2.93. The summed E-state index contributed by atoms with van der Waals surface area (Å²) >= 11 is 0. The molecule has 34 heavy (non-hydrogen) atoms. The number of hydrogen-bond acceptors (Lipinski definition) is 7. The molecule has 5 rings (SSSR count). The number of nitrogens with one attached hydrogen (secondary N) is 1. The van der Waals surface area contributed by atoms with Crippen LogP contribution in [0.1, 0.15) is 58.8 Å². The highest BCUT2D eigenvalue weighted by atomic mass is 32.2. The minimum absolute atomic E-state index is 0.00557. The Bertz CT molecular complexity index is 1290. The van der Waals surface area contributed by atoms with Crippen LogP contribution >= 0.6 is 0 Å². The molecule has 3 aliphatic rings. The summed E-state index contributed by atoms with van der Waals surface area (Å²) in [5.41, 5.74) is 2.72. The van der Waals surface area contributed by atoms with Gasteiger partial charge in [-0.1, -0.05) is 6.07 Å². The zero-order chi connectivity index (χ0) is 24.1. The second kappa shape index (κ2) is 8.38. The predicted molar refractivity (Wildman–Crippen MR) is 126 cm³/mol. The number of nitriles is 1. The number of aliphatic hydroxyl groups is 1. The molecule has 0 aromatic heterocycles. The van der Waals surface area contributed by atoms with Crippen molar-refractivity contribution < 1.29 is 23.1 Å². The molecule has 2 aromatic carbocycles. The fourth-order valence-electron chi connectivity index (χ4n) is 5.54. The number of piperidine rings is 1. The van der Waals surface area contributed by atoms with Crippen LogP contribution in [0.2, 0.25) is 0 Å². The third-order valence-electron chi connectivity index (χ3n) is 7.24. The van der Waals surface area contributed by atoms with Gasteiger partial charge in [-0.05, 0) is 54.3 Å². The molecule has 0 bridgehead atoms. The summed E-state index contributed by atoms with van der Waals surface area (Å²) < 4.78 is 31.8. The summed E-state index contributed by atoms with van der Waals surface area (Å²) in [6.07, 6.45) is 3.69. The molecule has 0 radical (unpaired) electrons. The normalized spacial score (nSPS) is 24.0. The first-order valence-corrected chi connectivity index (χ1v) is 13.3. The number of ketones is 1. The minimum Gasteiger partial charge on any atom is -0.486 e. The summed E-state index contributed by atoms with van der Waals surface area (Å²) in [6, 6.07) is 12.4. The molecule has 0 amide bonds. The van der Waals surface area contributed by atoms with Gasteiger partial charge in [-0.3, -0.25) is 14.4 Å². The second-order valence-electron chi connectivity index (χ2n) is 9.58. The van der Waals surface area contributed by atoms with Crippen LogP contribution in [-0.2, 0) is 16.4 Å². The van der Waals surface area contributed by atoms with Gasteiger partial charge >= 0.3 is 0 Å². The Morgan fingerprint density at radius 3 is 2.68 bits per heavy atom. The van der Waals surface area contributed by atoms with Crippen molar-refractivity contribution in [3.8, 4) is 11.8 Å². The first kappa shape index (κ1) is 22.8. The van der Waals surface area contributed by atoms with Crippen LogP contribution in [0.15, 0.2) is 36.4 Å². The van der Waals surface area contributed by atoms with Gasteiger partial charge in [0.05, 0.1) is 36.0 Å². The molecule has 2 N–H and O–H groups in total. The van der Waals surface area contributed by atoms with E-state index in [1.165, 1.54) is 6.07 Å². The lowest BCUT2D eigenvalue weighted by Gasteiger charge is -2.47. The smallest absolute Gasteiger partial charge is 0.229 e. The molecular weight excluding hydrogens is 454 g/mol. The van der Waals surface area contributed by atoms with E-state index in [4.69, 9.17) is 10.00 Å². The van der Waals surface area contributed by atoms with Crippen LogP contribution in [0.4, 0.5) is 5.69 Å². The second-order valence-corrected chi connectivity index (χ2v) is 11.3. The molecule has 0 saturated carbocycles. The average Bonchev–Trinajstić information content (AvgIpc) is 2.79. The monoisotopic (exact) mass is 481 g/mol. The summed E-state index contributed by atoms with van der Waals surface area (Å²) in [7, 11) is -3.43. The highest BCUT2D eigenvalue weighted by Crippen LogP contribution is 2.42. The number of likely N-dealkylation sites (tertiary alicyclic amines) is 1. The summed E-state index contributed by atoms with van der Waals surface area (Å²) in [5.74, 6) is 0.440. The molecule has 2 atom stereocenters. The Balaban J connectivity index is 1.28. The third kappa shape index (κ3) is 4.29. The van der Waals surface area contributed by atoms with Crippen LogP contribution in [0.5, 0.6) is 5.75 Å². The number of anilines is 1. The molecule has 1 saturated heterocycles. The van der Waals surface area contributed by atoms with Gasteiger partial charge in [0.15, 0.2) is 5.78 Å². The topological polar surface area (TPSA) is 120 Å². The quantitative estimate of drug-likeness (QED) is 0.692. The summed E-state index contributed by atoms with van der Waals surface area (Å²) in [6.45, 7) is 1.42. The van der Waals surface area contributed by atoms with E-state index in [0.29, 0.717) is 48.5 Å². The van der Waals surface area contributed by atoms with Gasteiger partial charge in [0.1, 0.15) is 11.4 Å². The zero-order valence-electron chi connectivity index (χ0n) is 19.0. The average molecular weight is 482 g/mol. The maximum atomic E-state index is 13.0. The van der Waals surface area contributed by atoms with E-state index < -0.39 is 21.7 Å². The van der Waals surface area contributed by atoms with Crippen molar-refractivity contribution in [3.05, 3.63) is 58.7 Å². The lowest BCUT2D eigenvalue weighted by molar-refractivity contribution is -0.0429. The van der Waals surface area contributed by atoms with Crippen molar-refractivity contribution in [2.75, 3.05) is 24.1 Å². The highest BCUT2D eigenvalue weighted by Gasteiger charge is 2.45. The molecule has 1 spiro atoms. The fraction of sp³-hybridized carbons (Fsp3) is 0.440. The minimum atomic E-state index is -3.43. The number of carbonyl (C=O) groups is 1. The van der Waals surface area contributed by atoms with E-state index in [9.17, 15) is 18.3 Å². The van der Waals surface area contributed by atoms with Crippen molar-refractivity contribution in [1.82, 2.24) is 4.90 Å². The number of aryl methyl sites for hydroxylation is 1. The molecule has 1 fully saturated rings. The number of nitrogens with zero attached hydrogens (tertiary/aromatic N) is 2. The Morgan fingerprint density at radius 1 is 1.21 bits per heavy atom. The van der Waals surface area contributed by atoms with Gasteiger partial charge in [0, 0.05) is 37.7 Å². The SMILES string of the molecule is CS(=O)(=O)Nc1ccc2c(c1)C(=O)CC1(CCN(C3CCc4cc(C#N)ccc4C3O)CC1)O2. The Kier molecular flexibility index (Phi) is 5.63. The summed E-state index contributed by atoms with van der Waals surface area (Å²) in [5, 5.41) is 20.2. The van der Waals surface area contributed by atoms with E-state index in [0.717, 1.165) is 30.2 Å². The molecule has 2 unspecified atom stereocenters. The van der Waals surface area contributed by atoms with E-state index >= 15 is 0 Å². The van der Waals surface area contributed by atoms with Crippen LogP contribution in [-0.4, -0.2) is 55.2 Å². The lowest BCUT2D eigenvalue weighted by Crippen LogP contribution is -2.54. The first-order valence-electron chi connectivity index (χ1n) is 11.5. The van der Waals surface area contributed by atoms with Crippen molar-refractivity contribution in [2.24, 2.45) is 0 Å². The predicted octanol–water partition coefficient (Wildman–Crippen LogP) is 2.78. The van der Waals surface area contributed by atoms with E-state index in [-0.39, 0.29) is 18.2 Å². The van der Waals surface area contributed by atoms with E-state index in [2.05, 4.69) is 15.7 Å². The molecule has 2 aliphatic heterocycles. The first-order chi connectivity index (χ1) is 16.2. The highest BCUT2D eigenvalue weighted by molar-refractivity contribution is 7.92. The lowest BCUT2D eigenvalue weighted by atomic mass is 9.79. The number of sulfonamides is 1. The molecule has 2 aromatic rings. The van der Waals surface area contributed by atoms with Crippen molar-refractivity contribution >= 4 is 21.5 Å². The van der Waals surface area contributed by atoms with Gasteiger partial charge in [-0.2, -0.15) is 5.26 Å². The molecule has 1 aliphatic carbocycles. The van der Waals surface area contributed by atoms with E-state index in [1.54, 1.807) is 18.2 Å². The molecular formula is C25H27N3O5S. The molecule has 2 heterocycles. The number of Topliss-reactive ketones (excluding diaryl/α,β-unsaturated/α-hetero) is 1. The van der Waals surface area contributed by atoms with Crippen LogP contribution in [0.25, 0.3) is 0 Å². The number of ether oxygens (including phenoxy) is 1. The zero-order valence-corrected chi connectivity index (χ0v) is 19.8.